The first-order valence-corrected chi connectivity index (χ1v) is 11.5. The normalized spacial score (nSPS) is 15.0. The second kappa shape index (κ2) is 11.8. The number of nitrogens with one attached hydrogen (secondary N) is 1. The van der Waals surface area contributed by atoms with E-state index in [1.165, 1.54) is 6.07 Å². The zero-order valence-corrected chi connectivity index (χ0v) is 19.1. The summed E-state index contributed by atoms with van der Waals surface area (Å²) in [5.74, 6) is -0.133. The zero-order chi connectivity index (χ0) is 22.9. The van der Waals surface area contributed by atoms with Crippen molar-refractivity contribution in [2.45, 2.75) is 45.7 Å². The molecule has 2 aromatic carbocycles. The lowest BCUT2D eigenvalue weighted by molar-refractivity contribution is -0.135. The molecule has 1 aliphatic rings. The van der Waals surface area contributed by atoms with Crippen molar-refractivity contribution in [1.82, 2.24) is 15.1 Å². The number of piperidine rings is 1. The first-order valence-electron chi connectivity index (χ1n) is 11.5. The van der Waals surface area contributed by atoms with Crippen LogP contribution in [0.25, 0.3) is 0 Å². The Kier molecular flexibility index (Phi) is 8.80. The number of amides is 2. The van der Waals surface area contributed by atoms with Crippen molar-refractivity contribution in [1.29, 1.82) is 0 Å². The van der Waals surface area contributed by atoms with E-state index in [0.717, 1.165) is 31.5 Å². The summed E-state index contributed by atoms with van der Waals surface area (Å²) in [6.07, 6.45) is 1.95. The third kappa shape index (κ3) is 6.89. The second-order valence-corrected chi connectivity index (χ2v) is 8.78. The number of carbonyl (C=O) groups excluding carboxylic acids is 2. The van der Waals surface area contributed by atoms with E-state index in [1.807, 2.05) is 49.1 Å². The molecule has 1 aliphatic heterocycles. The molecule has 0 radical (unpaired) electrons. The molecule has 1 fully saturated rings. The molecular weight excluding hydrogens is 405 g/mol. The Bertz CT molecular complexity index is 880. The van der Waals surface area contributed by atoms with Crippen molar-refractivity contribution < 1.29 is 14.0 Å². The molecule has 5 nitrogen and oxygen atoms in total. The molecule has 2 aromatic rings. The first kappa shape index (κ1) is 23.9. The van der Waals surface area contributed by atoms with E-state index in [-0.39, 0.29) is 29.6 Å². The smallest absolute Gasteiger partial charge is 0.237 e. The molecule has 0 unspecified atom stereocenters. The van der Waals surface area contributed by atoms with Crippen molar-refractivity contribution in [2.24, 2.45) is 5.92 Å². The molecule has 1 saturated heterocycles. The van der Waals surface area contributed by atoms with E-state index in [0.29, 0.717) is 31.6 Å². The highest BCUT2D eigenvalue weighted by molar-refractivity contribution is 5.79. The maximum absolute atomic E-state index is 13.7. The predicted octanol–water partition coefficient (Wildman–Crippen LogP) is 3.63. The van der Waals surface area contributed by atoms with E-state index >= 15 is 0 Å². The fourth-order valence-corrected chi connectivity index (χ4v) is 4.14. The Balaban J connectivity index is 1.41. The minimum absolute atomic E-state index is 0.0280. The van der Waals surface area contributed by atoms with Gasteiger partial charge in [0.1, 0.15) is 5.82 Å². The number of halogens is 1. The molecule has 0 aliphatic carbocycles. The lowest BCUT2D eigenvalue weighted by Gasteiger charge is -2.34. The molecule has 6 heteroatoms. The molecule has 0 bridgehead atoms. The Labute approximate surface area is 190 Å². The minimum atomic E-state index is -0.234. The van der Waals surface area contributed by atoms with Gasteiger partial charge in [0.15, 0.2) is 0 Å². The van der Waals surface area contributed by atoms with Crippen LogP contribution in [0.3, 0.4) is 0 Å². The molecule has 0 saturated carbocycles. The fraction of sp³-hybridized carbons (Fsp3) is 0.462. The summed E-state index contributed by atoms with van der Waals surface area (Å²) in [6, 6.07) is 16.8. The Morgan fingerprint density at radius 1 is 1.06 bits per heavy atom. The van der Waals surface area contributed by atoms with Crippen LogP contribution in [0.4, 0.5) is 4.39 Å². The van der Waals surface area contributed by atoms with Gasteiger partial charge in [-0.05, 0) is 63.4 Å². The molecule has 1 heterocycles. The van der Waals surface area contributed by atoms with Crippen molar-refractivity contribution in [2.75, 3.05) is 26.2 Å². The van der Waals surface area contributed by atoms with Gasteiger partial charge in [-0.1, -0.05) is 48.5 Å². The summed E-state index contributed by atoms with van der Waals surface area (Å²) < 4.78 is 13.7. The maximum atomic E-state index is 13.7. The van der Waals surface area contributed by atoms with Gasteiger partial charge in [-0.3, -0.25) is 14.5 Å². The van der Waals surface area contributed by atoms with E-state index in [4.69, 9.17) is 0 Å². The average molecular weight is 440 g/mol. The monoisotopic (exact) mass is 439 g/mol. The summed E-state index contributed by atoms with van der Waals surface area (Å²) in [6.45, 7) is 6.96. The van der Waals surface area contributed by atoms with Gasteiger partial charge in [0.2, 0.25) is 11.8 Å². The van der Waals surface area contributed by atoms with Gasteiger partial charge in [-0.25, -0.2) is 4.39 Å². The van der Waals surface area contributed by atoms with Crippen molar-refractivity contribution in [3.05, 3.63) is 71.5 Å². The molecule has 0 atom stereocenters. The first-order chi connectivity index (χ1) is 15.4. The lowest BCUT2D eigenvalue weighted by atomic mass is 9.95. The number of likely N-dealkylation sites (tertiary alicyclic amines) is 1. The molecule has 0 spiro atoms. The van der Waals surface area contributed by atoms with E-state index < -0.39 is 0 Å². The van der Waals surface area contributed by atoms with Crippen LogP contribution < -0.4 is 5.32 Å². The summed E-state index contributed by atoms with van der Waals surface area (Å²) in [5, 5.41) is 2.94. The van der Waals surface area contributed by atoms with Crippen LogP contribution in [-0.2, 0) is 22.6 Å². The highest BCUT2D eigenvalue weighted by Crippen LogP contribution is 2.18. The quantitative estimate of drug-likeness (QED) is 0.649. The molecule has 32 heavy (non-hydrogen) atoms. The molecule has 3 rings (SSSR count). The van der Waals surface area contributed by atoms with Crippen LogP contribution in [0.5, 0.6) is 0 Å². The van der Waals surface area contributed by atoms with E-state index in [9.17, 15) is 14.0 Å². The topological polar surface area (TPSA) is 52.7 Å². The summed E-state index contributed by atoms with van der Waals surface area (Å²) in [4.78, 5) is 29.5. The number of hydrogen-bond acceptors (Lipinski definition) is 3. The minimum Gasteiger partial charge on any atom is -0.356 e. The van der Waals surface area contributed by atoms with Gasteiger partial charge < -0.3 is 10.2 Å². The molecule has 1 N–H and O–H groups in total. The van der Waals surface area contributed by atoms with Crippen LogP contribution in [0, 0.1) is 11.7 Å². The average Bonchev–Trinajstić information content (AvgIpc) is 2.79. The summed E-state index contributed by atoms with van der Waals surface area (Å²) in [5.41, 5.74) is 1.74. The third-order valence-electron chi connectivity index (χ3n) is 6.11. The fourth-order valence-electron chi connectivity index (χ4n) is 4.14. The number of benzene rings is 2. The number of carbonyl (C=O) groups is 2. The van der Waals surface area contributed by atoms with Gasteiger partial charge >= 0.3 is 0 Å². The Hall–Kier alpha value is -2.73. The van der Waals surface area contributed by atoms with Gasteiger partial charge in [0, 0.05) is 25.0 Å². The predicted molar refractivity (Wildman–Crippen MR) is 124 cm³/mol. The largest absolute Gasteiger partial charge is 0.356 e. The highest BCUT2D eigenvalue weighted by Gasteiger charge is 2.27. The van der Waals surface area contributed by atoms with Crippen molar-refractivity contribution in [3.63, 3.8) is 0 Å². The molecular formula is C26H34FN3O2. The highest BCUT2D eigenvalue weighted by atomic mass is 19.1. The maximum Gasteiger partial charge on any atom is 0.237 e. The second-order valence-electron chi connectivity index (χ2n) is 8.78. The Morgan fingerprint density at radius 3 is 2.38 bits per heavy atom. The van der Waals surface area contributed by atoms with Crippen LogP contribution >= 0.6 is 0 Å². The van der Waals surface area contributed by atoms with Crippen molar-refractivity contribution >= 4 is 11.8 Å². The third-order valence-corrected chi connectivity index (χ3v) is 6.11. The van der Waals surface area contributed by atoms with E-state index in [1.54, 1.807) is 18.2 Å². The van der Waals surface area contributed by atoms with Gasteiger partial charge in [-0.2, -0.15) is 0 Å². The standard InChI is InChI=1S/C26H34FN3O2/c1-20(2)30(18-21-8-4-3-5-9-21)25(31)19-29-16-13-23(14-17-29)26(32)28-15-12-22-10-6-7-11-24(22)27/h3-11,20,23H,12-19H2,1-2H3,(H,28,32). The van der Waals surface area contributed by atoms with Crippen LogP contribution in [0.1, 0.15) is 37.8 Å². The number of hydrogen-bond donors (Lipinski definition) is 1. The van der Waals surface area contributed by atoms with E-state index in [2.05, 4.69) is 10.2 Å². The van der Waals surface area contributed by atoms with Gasteiger partial charge in [0.25, 0.3) is 0 Å². The summed E-state index contributed by atoms with van der Waals surface area (Å²) >= 11 is 0. The number of rotatable bonds is 9. The van der Waals surface area contributed by atoms with Crippen LogP contribution in [0.15, 0.2) is 54.6 Å². The Morgan fingerprint density at radius 2 is 1.72 bits per heavy atom. The van der Waals surface area contributed by atoms with Crippen LogP contribution in [-0.4, -0.2) is 53.8 Å². The van der Waals surface area contributed by atoms with Crippen LogP contribution in [0.2, 0.25) is 0 Å². The zero-order valence-electron chi connectivity index (χ0n) is 19.1. The number of nitrogens with zero attached hydrogens (tertiary/aromatic N) is 2. The molecule has 2 amide bonds. The van der Waals surface area contributed by atoms with Gasteiger partial charge in [0.05, 0.1) is 6.54 Å². The molecule has 172 valence electrons. The van der Waals surface area contributed by atoms with Crippen molar-refractivity contribution in [3.8, 4) is 0 Å². The molecule has 0 aromatic heterocycles. The van der Waals surface area contributed by atoms with Gasteiger partial charge in [-0.15, -0.1) is 0 Å². The summed E-state index contributed by atoms with van der Waals surface area (Å²) in [7, 11) is 0. The SMILES string of the molecule is CC(C)N(Cc1ccccc1)C(=O)CN1CCC(C(=O)NCCc2ccccc2F)CC1. The lowest BCUT2D eigenvalue weighted by Crippen LogP contribution is -2.47.